The van der Waals surface area contributed by atoms with Crippen molar-refractivity contribution in [1.82, 2.24) is 20.2 Å². The van der Waals surface area contributed by atoms with Gasteiger partial charge in [-0.2, -0.15) is 4.80 Å². The fraction of sp³-hybridized carbons (Fsp3) is 0.286. The maximum atomic E-state index is 15.2. The third-order valence-electron chi connectivity index (χ3n) is 5.34. The summed E-state index contributed by atoms with van der Waals surface area (Å²) in [4.78, 5) is 26.7. The molecule has 0 bridgehead atoms. The van der Waals surface area contributed by atoms with Crippen molar-refractivity contribution in [2.75, 3.05) is 18.1 Å². The lowest BCUT2D eigenvalue weighted by Crippen LogP contribution is -2.56. The average molecular weight is 477 g/mol. The zero-order chi connectivity index (χ0) is 23.9. The minimum absolute atomic E-state index is 0.00282. The van der Waals surface area contributed by atoms with Crippen LogP contribution in [0.2, 0.25) is 5.02 Å². The fourth-order valence-corrected chi connectivity index (χ4v) is 3.93. The summed E-state index contributed by atoms with van der Waals surface area (Å²) in [6.07, 6.45) is -1.04. The van der Waals surface area contributed by atoms with Crippen LogP contribution < -0.4 is 10.6 Å². The van der Waals surface area contributed by atoms with Crippen LogP contribution in [0.3, 0.4) is 0 Å². The third-order valence-corrected chi connectivity index (χ3v) is 5.56. The normalized spacial score (nSPS) is 17.5. The van der Waals surface area contributed by atoms with Crippen molar-refractivity contribution < 1.29 is 23.1 Å². The molecule has 3 aromatic rings. The Balaban J connectivity index is 1.73. The average Bonchev–Trinajstić information content (AvgIpc) is 3.13. The summed E-state index contributed by atoms with van der Waals surface area (Å²) in [5, 5.41) is 11.7. The molecule has 2 unspecified atom stereocenters. The highest BCUT2D eigenvalue weighted by Crippen LogP contribution is 2.37. The molecule has 0 spiro atoms. The number of nitrogens with two attached hydrogens (primary N) is 1. The maximum Gasteiger partial charge on any atom is 0.247 e. The summed E-state index contributed by atoms with van der Waals surface area (Å²) < 4.78 is 35.1. The molecule has 12 heteroatoms. The number of aromatic nitrogens is 4. The van der Waals surface area contributed by atoms with Crippen molar-refractivity contribution in [2.45, 2.75) is 13.0 Å². The number of ether oxygens (including phenoxy) is 1. The molecule has 0 aliphatic carbocycles. The number of carbonyl (C=O) groups is 2. The molecule has 0 radical (unpaired) electrons. The molecule has 2 aromatic carbocycles. The van der Waals surface area contributed by atoms with Gasteiger partial charge in [0.1, 0.15) is 17.7 Å². The lowest BCUT2D eigenvalue weighted by molar-refractivity contribution is -0.166. The third kappa shape index (κ3) is 4.16. The van der Waals surface area contributed by atoms with Crippen LogP contribution >= 0.6 is 11.6 Å². The summed E-state index contributed by atoms with van der Waals surface area (Å²) in [7, 11) is 1.53. The van der Waals surface area contributed by atoms with E-state index in [9.17, 15) is 14.0 Å². The number of halogens is 3. The van der Waals surface area contributed by atoms with Crippen molar-refractivity contribution in [3.63, 3.8) is 0 Å². The van der Waals surface area contributed by atoms with E-state index in [1.807, 2.05) is 0 Å². The first-order chi connectivity index (χ1) is 15.7. The zero-order valence-corrected chi connectivity index (χ0v) is 18.4. The van der Waals surface area contributed by atoms with Crippen molar-refractivity contribution in [2.24, 2.45) is 18.7 Å². The van der Waals surface area contributed by atoms with Crippen molar-refractivity contribution in [1.29, 1.82) is 0 Å². The standard InChI is InChI=1S/C21H19ClF2N6O3/c1-3-30(21(32)13-9-33-18(13)19(25)31)16-5-4-10(6-14(16)23)12-7-11(22)8-15(24)17(12)20-26-28-29(2)27-20/h4-8,13,18H,3,9H2,1-2H3,(H2,25,31). The van der Waals surface area contributed by atoms with Crippen molar-refractivity contribution in [3.8, 4) is 22.5 Å². The summed E-state index contributed by atoms with van der Waals surface area (Å²) in [5.74, 6) is -3.41. The highest BCUT2D eigenvalue weighted by molar-refractivity contribution is 6.31. The number of tetrazole rings is 1. The van der Waals surface area contributed by atoms with E-state index in [-0.39, 0.29) is 40.8 Å². The zero-order valence-electron chi connectivity index (χ0n) is 17.6. The lowest BCUT2D eigenvalue weighted by atomic mass is 9.95. The van der Waals surface area contributed by atoms with E-state index in [0.29, 0.717) is 5.56 Å². The highest BCUT2D eigenvalue weighted by atomic mass is 35.5. The fourth-order valence-electron chi connectivity index (χ4n) is 3.72. The minimum Gasteiger partial charge on any atom is -0.367 e. The molecule has 2 atom stereocenters. The van der Waals surface area contributed by atoms with Gasteiger partial charge in [-0.3, -0.25) is 9.59 Å². The number of benzene rings is 2. The molecule has 4 rings (SSSR count). The number of rotatable bonds is 6. The number of primary amides is 1. The Labute approximate surface area is 192 Å². The van der Waals surface area contributed by atoms with Gasteiger partial charge in [0.2, 0.25) is 17.6 Å². The van der Waals surface area contributed by atoms with Crippen LogP contribution in [0.4, 0.5) is 14.5 Å². The highest BCUT2D eigenvalue weighted by Gasteiger charge is 2.44. The molecular weight excluding hydrogens is 458 g/mol. The predicted octanol–water partition coefficient (Wildman–Crippen LogP) is 2.33. The van der Waals surface area contributed by atoms with Crippen LogP contribution in [0.15, 0.2) is 30.3 Å². The van der Waals surface area contributed by atoms with Gasteiger partial charge >= 0.3 is 0 Å². The van der Waals surface area contributed by atoms with Crippen molar-refractivity contribution >= 4 is 29.1 Å². The van der Waals surface area contributed by atoms with Gasteiger partial charge in [-0.05, 0) is 47.5 Å². The molecule has 1 aromatic heterocycles. The molecule has 1 fully saturated rings. The first-order valence-electron chi connectivity index (χ1n) is 9.96. The monoisotopic (exact) mass is 476 g/mol. The van der Waals surface area contributed by atoms with Crippen LogP contribution in [-0.2, 0) is 21.4 Å². The van der Waals surface area contributed by atoms with E-state index < -0.39 is 35.5 Å². The molecule has 9 nitrogen and oxygen atoms in total. The van der Waals surface area contributed by atoms with Crippen LogP contribution in [0.5, 0.6) is 0 Å². The van der Waals surface area contributed by atoms with Gasteiger partial charge in [-0.1, -0.05) is 17.7 Å². The van der Waals surface area contributed by atoms with Gasteiger partial charge in [-0.15, -0.1) is 10.2 Å². The second-order valence-electron chi connectivity index (χ2n) is 7.42. The topological polar surface area (TPSA) is 116 Å². The molecule has 2 N–H and O–H groups in total. The first-order valence-corrected chi connectivity index (χ1v) is 10.3. The largest absolute Gasteiger partial charge is 0.367 e. The molecule has 0 saturated carbocycles. The van der Waals surface area contributed by atoms with Gasteiger partial charge in [0.25, 0.3) is 0 Å². The van der Waals surface area contributed by atoms with Crippen LogP contribution in [-0.4, -0.2) is 51.3 Å². The van der Waals surface area contributed by atoms with Gasteiger partial charge in [0.15, 0.2) is 0 Å². The molecule has 2 heterocycles. The Hall–Kier alpha value is -3.44. The Morgan fingerprint density at radius 1 is 1.27 bits per heavy atom. The number of aryl methyl sites for hydroxylation is 1. The number of hydrogen-bond acceptors (Lipinski definition) is 6. The molecule has 2 amide bonds. The number of hydrogen-bond donors (Lipinski definition) is 1. The van der Waals surface area contributed by atoms with E-state index >= 15 is 4.39 Å². The van der Waals surface area contributed by atoms with E-state index in [4.69, 9.17) is 22.1 Å². The van der Waals surface area contributed by atoms with E-state index in [0.717, 1.165) is 6.07 Å². The van der Waals surface area contributed by atoms with Gasteiger partial charge in [0.05, 0.1) is 30.8 Å². The van der Waals surface area contributed by atoms with E-state index in [2.05, 4.69) is 15.4 Å². The Bertz CT molecular complexity index is 1250. The maximum absolute atomic E-state index is 15.2. The van der Waals surface area contributed by atoms with Crippen molar-refractivity contribution in [3.05, 3.63) is 47.0 Å². The number of amides is 2. The first kappa shape index (κ1) is 22.7. The predicted molar refractivity (Wildman–Crippen MR) is 115 cm³/mol. The number of anilines is 1. The quantitative estimate of drug-likeness (QED) is 0.583. The molecular formula is C21H19ClF2N6O3. The van der Waals surface area contributed by atoms with Crippen LogP contribution in [0.25, 0.3) is 22.5 Å². The smallest absolute Gasteiger partial charge is 0.247 e. The summed E-state index contributed by atoms with van der Waals surface area (Å²) in [6.45, 7) is 1.85. The van der Waals surface area contributed by atoms with Gasteiger partial charge < -0.3 is 15.4 Å². The van der Waals surface area contributed by atoms with Crippen LogP contribution in [0.1, 0.15) is 6.92 Å². The summed E-state index contributed by atoms with van der Waals surface area (Å²) in [6, 6.07) is 6.67. The van der Waals surface area contributed by atoms with Crippen LogP contribution in [0, 0.1) is 17.6 Å². The molecule has 1 aliphatic rings. The molecule has 33 heavy (non-hydrogen) atoms. The SMILES string of the molecule is CCN(C(=O)C1COC1C(N)=O)c1ccc(-c2cc(Cl)cc(F)c2-c2nnn(C)n2)cc1F. The lowest BCUT2D eigenvalue weighted by Gasteiger charge is -2.36. The summed E-state index contributed by atoms with van der Waals surface area (Å²) in [5.41, 5.74) is 5.81. The summed E-state index contributed by atoms with van der Waals surface area (Å²) >= 11 is 6.05. The number of carbonyl (C=O) groups excluding carboxylic acids is 2. The molecule has 1 aliphatic heterocycles. The molecule has 1 saturated heterocycles. The minimum atomic E-state index is -1.04. The Kier molecular flexibility index (Phi) is 6.09. The van der Waals surface area contributed by atoms with E-state index in [1.165, 1.54) is 41.0 Å². The second-order valence-corrected chi connectivity index (χ2v) is 7.86. The van der Waals surface area contributed by atoms with Gasteiger partial charge in [0, 0.05) is 11.6 Å². The Morgan fingerprint density at radius 3 is 2.58 bits per heavy atom. The second kappa shape index (κ2) is 8.83. The Morgan fingerprint density at radius 2 is 2.03 bits per heavy atom. The van der Waals surface area contributed by atoms with E-state index in [1.54, 1.807) is 6.92 Å². The number of nitrogens with zero attached hydrogens (tertiary/aromatic N) is 5. The molecule has 172 valence electrons. The van der Waals surface area contributed by atoms with Gasteiger partial charge in [-0.25, -0.2) is 8.78 Å².